The third-order valence-corrected chi connectivity index (χ3v) is 4.70. The monoisotopic (exact) mass is 333 g/mol. The van der Waals surface area contributed by atoms with Crippen molar-refractivity contribution in [1.29, 1.82) is 0 Å². The number of hydrazone groups is 1. The van der Waals surface area contributed by atoms with Gasteiger partial charge < -0.3 is 9.80 Å². The molecule has 1 aliphatic rings. The van der Waals surface area contributed by atoms with Crippen molar-refractivity contribution in [2.45, 2.75) is 6.92 Å². The number of benzene rings is 1. The molecule has 1 saturated heterocycles. The Morgan fingerprint density at radius 3 is 2.74 bits per heavy atom. The van der Waals surface area contributed by atoms with Gasteiger partial charge >= 0.3 is 0 Å². The smallest absolute Gasteiger partial charge is 0.203 e. The number of halogens is 1. The first kappa shape index (κ1) is 15.9. The summed E-state index contributed by atoms with van der Waals surface area (Å²) in [4.78, 5) is 8.72. The van der Waals surface area contributed by atoms with E-state index in [9.17, 15) is 4.39 Å². The van der Waals surface area contributed by atoms with Crippen LogP contribution in [0.15, 0.2) is 28.7 Å². The topological polar surface area (TPSA) is 43.8 Å². The first-order chi connectivity index (χ1) is 11.1. The fourth-order valence-electron chi connectivity index (χ4n) is 2.44. The van der Waals surface area contributed by atoms with E-state index in [1.165, 1.54) is 17.6 Å². The van der Waals surface area contributed by atoms with Gasteiger partial charge in [0.05, 0.1) is 11.9 Å². The minimum absolute atomic E-state index is 0.262. The highest BCUT2D eigenvalue weighted by atomic mass is 32.1. The van der Waals surface area contributed by atoms with Crippen molar-refractivity contribution in [2.24, 2.45) is 5.10 Å². The summed E-state index contributed by atoms with van der Waals surface area (Å²) in [6.07, 6.45) is 1.49. The van der Waals surface area contributed by atoms with Crippen LogP contribution in [0.1, 0.15) is 11.3 Å². The lowest BCUT2D eigenvalue weighted by Gasteiger charge is -2.34. The van der Waals surface area contributed by atoms with E-state index in [0.29, 0.717) is 10.7 Å². The summed E-state index contributed by atoms with van der Waals surface area (Å²) in [6, 6.07) is 5.30. The molecule has 3 rings (SSSR count). The highest BCUT2D eigenvalue weighted by Crippen LogP contribution is 2.19. The Hall–Kier alpha value is -1.99. The molecule has 0 spiro atoms. The van der Waals surface area contributed by atoms with Gasteiger partial charge in [0, 0.05) is 42.8 Å². The molecule has 0 amide bonds. The van der Waals surface area contributed by atoms with E-state index in [0.717, 1.165) is 37.6 Å². The van der Waals surface area contributed by atoms with E-state index in [4.69, 9.17) is 0 Å². The SMILES string of the molecule is Cc1csc(NN=Cc2ccc(N3CCN(C)CC3)cc2F)n1. The van der Waals surface area contributed by atoms with E-state index in [1.807, 2.05) is 18.4 Å². The van der Waals surface area contributed by atoms with Crippen LogP contribution in [-0.4, -0.2) is 49.3 Å². The molecule has 0 aliphatic carbocycles. The van der Waals surface area contributed by atoms with Crippen molar-refractivity contribution in [1.82, 2.24) is 9.88 Å². The molecule has 0 unspecified atom stereocenters. The fourth-order valence-corrected chi connectivity index (χ4v) is 3.08. The average Bonchev–Trinajstić information content (AvgIpc) is 2.95. The summed E-state index contributed by atoms with van der Waals surface area (Å²) in [6.45, 7) is 5.77. The van der Waals surface area contributed by atoms with Crippen LogP contribution >= 0.6 is 11.3 Å². The lowest BCUT2D eigenvalue weighted by Crippen LogP contribution is -2.44. The van der Waals surface area contributed by atoms with Gasteiger partial charge in [-0.1, -0.05) is 0 Å². The Labute approximate surface area is 139 Å². The van der Waals surface area contributed by atoms with Crippen LogP contribution < -0.4 is 10.3 Å². The van der Waals surface area contributed by atoms with E-state index in [-0.39, 0.29) is 5.82 Å². The zero-order valence-corrected chi connectivity index (χ0v) is 14.1. The quantitative estimate of drug-likeness (QED) is 0.690. The largest absolute Gasteiger partial charge is 0.369 e. The molecule has 0 bridgehead atoms. The second-order valence-electron chi connectivity index (χ2n) is 5.66. The maximum Gasteiger partial charge on any atom is 0.203 e. The summed E-state index contributed by atoms with van der Waals surface area (Å²) in [5.74, 6) is -0.262. The standard InChI is InChI=1S/C16H20FN5S/c1-12-11-23-16(19-12)20-18-10-13-3-4-14(9-15(13)17)22-7-5-21(2)6-8-22/h3-4,9-11H,5-8H2,1-2H3,(H,19,20). The van der Waals surface area contributed by atoms with Gasteiger partial charge in [0.15, 0.2) is 0 Å². The summed E-state index contributed by atoms with van der Waals surface area (Å²) < 4.78 is 14.2. The number of rotatable bonds is 4. The summed E-state index contributed by atoms with van der Waals surface area (Å²) in [7, 11) is 2.11. The van der Waals surface area contributed by atoms with Gasteiger partial charge in [-0.2, -0.15) is 5.10 Å². The molecule has 1 aromatic heterocycles. The van der Waals surface area contributed by atoms with Gasteiger partial charge in [0.1, 0.15) is 5.82 Å². The number of aryl methyl sites for hydroxylation is 1. The number of thiazole rings is 1. The van der Waals surface area contributed by atoms with Gasteiger partial charge in [0.2, 0.25) is 5.13 Å². The van der Waals surface area contributed by atoms with Gasteiger partial charge in [-0.15, -0.1) is 11.3 Å². The number of likely N-dealkylation sites (N-methyl/N-ethyl adjacent to an activating group) is 1. The Morgan fingerprint density at radius 2 is 2.09 bits per heavy atom. The number of hydrogen-bond donors (Lipinski definition) is 1. The van der Waals surface area contributed by atoms with Crippen LogP contribution in [0.5, 0.6) is 0 Å². The fraction of sp³-hybridized carbons (Fsp3) is 0.375. The van der Waals surface area contributed by atoms with Gasteiger partial charge in [-0.3, -0.25) is 5.43 Å². The number of piperazine rings is 1. The van der Waals surface area contributed by atoms with Crippen LogP contribution in [0, 0.1) is 12.7 Å². The van der Waals surface area contributed by atoms with Crippen LogP contribution in [0.2, 0.25) is 0 Å². The van der Waals surface area contributed by atoms with Gasteiger partial charge in [-0.25, -0.2) is 9.37 Å². The minimum atomic E-state index is -0.262. The summed E-state index contributed by atoms with van der Waals surface area (Å²) >= 11 is 1.47. The van der Waals surface area contributed by atoms with Crippen molar-refractivity contribution >= 4 is 28.4 Å². The zero-order chi connectivity index (χ0) is 16.2. The molecule has 1 aromatic carbocycles. The molecule has 122 valence electrons. The number of hydrogen-bond acceptors (Lipinski definition) is 6. The van der Waals surface area contributed by atoms with E-state index < -0.39 is 0 Å². The summed E-state index contributed by atoms with van der Waals surface area (Å²) in [5, 5.41) is 6.69. The zero-order valence-electron chi connectivity index (χ0n) is 13.3. The van der Waals surface area contributed by atoms with E-state index in [2.05, 4.69) is 32.4 Å². The molecule has 7 heteroatoms. The molecule has 0 radical (unpaired) electrons. The van der Waals surface area contributed by atoms with Crippen LogP contribution in [0.4, 0.5) is 15.2 Å². The second kappa shape index (κ2) is 7.06. The molecule has 1 fully saturated rings. The highest BCUT2D eigenvalue weighted by molar-refractivity contribution is 7.13. The number of nitrogens with zero attached hydrogens (tertiary/aromatic N) is 4. The molecule has 0 saturated carbocycles. The molecule has 2 heterocycles. The highest BCUT2D eigenvalue weighted by Gasteiger charge is 2.15. The Kier molecular flexibility index (Phi) is 4.88. The van der Waals surface area contributed by atoms with Crippen molar-refractivity contribution in [3.05, 3.63) is 40.7 Å². The Balaban J connectivity index is 1.64. The van der Waals surface area contributed by atoms with Gasteiger partial charge in [0.25, 0.3) is 0 Å². The predicted octanol–water partition coefficient (Wildman–Crippen LogP) is 2.79. The lowest BCUT2D eigenvalue weighted by molar-refractivity contribution is 0.313. The predicted molar refractivity (Wildman–Crippen MR) is 94.2 cm³/mol. The third-order valence-electron chi connectivity index (χ3n) is 3.84. The van der Waals surface area contributed by atoms with Crippen molar-refractivity contribution < 1.29 is 4.39 Å². The second-order valence-corrected chi connectivity index (χ2v) is 6.52. The van der Waals surface area contributed by atoms with Crippen molar-refractivity contribution in [3.63, 3.8) is 0 Å². The van der Waals surface area contributed by atoms with Crippen molar-refractivity contribution in [3.8, 4) is 0 Å². The number of anilines is 2. The molecular formula is C16H20FN5S. The normalized spacial score (nSPS) is 16.2. The minimum Gasteiger partial charge on any atom is -0.369 e. The first-order valence-corrected chi connectivity index (χ1v) is 8.44. The maximum atomic E-state index is 14.2. The Bertz CT molecular complexity index is 692. The summed E-state index contributed by atoms with van der Waals surface area (Å²) in [5.41, 5.74) is 5.15. The van der Waals surface area contributed by atoms with Crippen LogP contribution in [0.3, 0.4) is 0 Å². The molecule has 5 nitrogen and oxygen atoms in total. The molecule has 0 atom stereocenters. The van der Waals surface area contributed by atoms with E-state index in [1.54, 1.807) is 12.1 Å². The molecule has 2 aromatic rings. The lowest BCUT2D eigenvalue weighted by atomic mass is 10.2. The third kappa shape index (κ3) is 4.05. The van der Waals surface area contributed by atoms with Crippen LogP contribution in [-0.2, 0) is 0 Å². The van der Waals surface area contributed by atoms with Crippen LogP contribution in [0.25, 0.3) is 0 Å². The number of aromatic nitrogens is 1. The molecule has 23 heavy (non-hydrogen) atoms. The van der Waals surface area contributed by atoms with E-state index >= 15 is 0 Å². The molecule has 1 aliphatic heterocycles. The first-order valence-electron chi connectivity index (χ1n) is 7.56. The Morgan fingerprint density at radius 1 is 1.30 bits per heavy atom. The van der Waals surface area contributed by atoms with Gasteiger partial charge in [-0.05, 0) is 32.2 Å². The molecule has 1 N–H and O–H groups in total. The van der Waals surface area contributed by atoms with Crippen molar-refractivity contribution in [2.75, 3.05) is 43.6 Å². The number of nitrogens with one attached hydrogen (secondary N) is 1. The molecular weight excluding hydrogens is 313 g/mol. The maximum absolute atomic E-state index is 14.2. The average molecular weight is 333 g/mol.